The molecule has 5 heteroatoms. The first-order valence-electron chi connectivity index (χ1n) is 5.36. The van der Waals surface area contributed by atoms with Crippen LogP contribution in [-0.2, 0) is 11.3 Å². The molecule has 1 N–H and O–H groups in total. The van der Waals surface area contributed by atoms with Gasteiger partial charge in [0.05, 0.1) is 13.2 Å². The summed E-state index contributed by atoms with van der Waals surface area (Å²) < 4.78 is 15.8. The van der Waals surface area contributed by atoms with Crippen LogP contribution in [0.1, 0.15) is 15.9 Å². The highest BCUT2D eigenvalue weighted by atomic mass is 16.7. The number of benzene rings is 1. The Morgan fingerprint density at radius 1 is 1.47 bits per heavy atom. The summed E-state index contributed by atoms with van der Waals surface area (Å²) in [6.45, 7) is 0.809. The Bertz CT molecular complexity index is 431. The number of ketones is 1. The molecule has 1 aliphatic rings. The molecule has 0 radical (unpaired) electrons. The van der Waals surface area contributed by atoms with E-state index >= 15 is 0 Å². The lowest BCUT2D eigenvalue weighted by Gasteiger charge is -2.10. The Hall–Kier alpha value is -1.59. The zero-order chi connectivity index (χ0) is 12.3. The zero-order valence-electron chi connectivity index (χ0n) is 9.91. The molecular weight excluding hydrogens is 222 g/mol. The average Bonchev–Trinajstić information content (AvgIpc) is 2.78. The summed E-state index contributed by atoms with van der Waals surface area (Å²) in [6.07, 6.45) is 0. The Morgan fingerprint density at radius 3 is 3.00 bits per heavy atom. The van der Waals surface area contributed by atoms with Crippen LogP contribution in [0, 0.1) is 0 Å². The second kappa shape index (κ2) is 5.16. The maximum atomic E-state index is 11.9. The standard InChI is InChI=1S/C12H15NO4/c1-13-5-10(14)8-3-4-11-12(17-7-16-11)9(8)6-15-2/h3-4,13H,5-7H2,1-2H3. The van der Waals surface area contributed by atoms with Gasteiger partial charge in [-0.3, -0.25) is 4.79 Å². The van der Waals surface area contributed by atoms with Crippen LogP contribution in [0.4, 0.5) is 0 Å². The van der Waals surface area contributed by atoms with Crippen molar-refractivity contribution in [2.45, 2.75) is 6.61 Å². The summed E-state index contributed by atoms with van der Waals surface area (Å²) in [5.74, 6) is 1.30. The Morgan fingerprint density at radius 2 is 2.29 bits per heavy atom. The maximum Gasteiger partial charge on any atom is 0.231 e. The van der Waals surface area contributed by atoms with E-state index in [0.717, 1.165) is 5.56 Å². The lowest BCUT2D eigenvalue weighted by molar-refractivity contribution is 0.0987. The van der Waals surface area contributed by atoms with Crippen molar-refractivity contribution in [2.24, 2.45) is 0 Å². The Labute approximate surface area is 99.7 Å². The molecule has 0 amide bonds. The van der Waals surface area contributed by atoms with Crippen molar-refractivity contribution >= 4 is 5.78 Å². The number of rotatable bonds is 5. The molecule has 0 unspecified atom stereocenters. The first kappa shape index (κ1) is 11.9. The van der Waals surface area contributed by atoms with E-state index in [9.17, 15) is 4.79 Å². The van der Waals surface area contributed by atoms with Crippen LogP contribution in [0.25, 0.3) is 0 Å². The van der Waals surface area contributed by atoms with Gasteiger partial charge in [0.2, 0.25) is 6.79 Å². The summed E-state index contributed by atoms with van der Waals surface area (Å²) in [5, 5.41) is 2.84. The summed E-state index contributed by atoms with van der Waals surface area (Å²) >= 11 is 0. The maximum absolute atomic E-state index is 11.9. The van der Waals surface area contributed by atoms with Gasteiger partial charge in [0.25, 0.3) is 0 Å². The number of Topliss-reactive ketones (excluding diaryl/α,β-unsaturated/α-hetero) is 1. The average molecular weight is 237 g/mol. The number of methoxy groups -OCH3 is 1. The van der Waals surface area contributed by atoms with Gasteiger partial charge < -0.3 is 19.5 Å². The summed E-state index contributed by atoms with van der Waals surface area (Å²) in [4.78, 5) is 11.9. The molecule has 0 spiro atoms. The molecule has 0 bridgehead atoms. The van der Waals surface area contributed by atoms with Crippen LogP contribution in [0.2, 0.25) is 0 Å². The number of ether oxygens (including phenoxy) is 3. The van der Waals surface area contributed by atoms with E-state index in [-0.39, 0.29) is 19.1 Å². The van der Waals surface area contributed by atoms with E-state index in [0.29, 0.717) is 23.7 Å². The fourth-order valence-corrected chi connectivity index (χ4v) is 1.83. The van der Waals surface area contributed by atoms with Gasteiger partial charge in [-0.15, -0.1) is 0 Å². The van der Waals surface area contributed by atoms with E-state index < -0.39 is 0 Å². The highest BCUT2D eigenvalue weighted by molar-refractivity contribution is 5.99. The molecule has 0 saturated carbocycles. The van der Waals surface area contributed by atoms with Crippen LogP contribution < -0.4 is 14.8 Å². The number of carbonyl (C=O) groups excluding carboxylic acids is 1. The zero-order valence-corrected chi connectivity index (χ0v) is 9.91. The minimum absolute atomic E-state index is 0.0119. The monoisotopic (exact) mass is 237 g/mol. The van der Waals surface area contributed by atoms with Crippen molar-refractivity contribution in [1.29, 1.82) is 0 Å². The van der Waals surface area contributed by atoms with Crippen molar-refractivity contribution in [2.75, 3.05) is 27.5 Å². The molecule has 0 atom stereocenters. The van der Waals surface area contributed by atoms with Crippen molar-refractivity contribution in [3.8, 4) is 11.5 Å². The number of fused-ring (bicyclic) bond motifs is 1. The van der Waals surface area contributed by atoms with Gasteiger partial charge in [-0.25, -0.2) is 0 Å². The van der Waals surface area contributed by atoms with Gasteiger partial charge >= 0.3 is 0 Å². The van der Waals surface area contributed by atoms with Crippen LogP contribution >= 0.6 is 0 Å². The lowest BCUT2D eigenvalue weighted by Crippen LogP contribution is -2.20. The number of nitrogens with one attached hydrogen (secondary N) is 1. The predicted octanol–water partition coefficient (Wildman–Crippen LogP) is 0.964. The van der Waals surface area contributed by atoms with Gasteiger partial charge in [-0.1, -0.05) is 0 Å². The number of carbonyl (C=O) groups is 1. The molecule has 92 valence electrons. The van der Waals surface area contributed by atoms with Crippen molar-refractivity contribution < 1.29 is 19.0 Å². The molecule has 5 nitrogen and oxygen atoms in total. The van der Waals surface area contributed by atoms with E-state index in [4.69, 9.17) is 14.2 Å². The third kappa shape index (κ3) is 2.25. The topological polar surface area (TPSA) is 56.8 Å². The quantitative estimate of drug-likeness (QED) is 0.773. The SMILES string of the molecule is CNCC(=O)c1ccc2c(c1COC)OCO2. The minimum atomic E-state index is 0.0119. The van der Waals surface area contributed by atoms with E-state index in [2.05, 4.69) is 5.32 Å². The lowest BCUT2D eigenvalue weighted by atomic mass is 10.0. The molecule has 1 aromatic carbocycles. The predicted molar refractivity (Wildman–Crippen MR) is 61.5 cm³/mol. The molecule has 0 fully saturated rings. The summed E-state index contributed by atoms with van der Waals surface area (Å²) in [7, 11) is 3.32. The van der Waals surface area contributed by atoms with Gasteiger partial charge in [0.15, 0.2) is 17.3 Å². The number of likely N-dealkylation sites (N-methyl/N-ethyl adjacent to an activating group) is 1. The van der Waals surface area contributed by atoms with Crippen molar-refractivity contribution in [3.05, 3.63) is 23.3 Å². The minimum Gasteiger partial charge on any atom is -0.454 e. The van der Waals surface area contributed by atoms with Crippen molar-refractivity contribution in [1.82, 2.24) is 5.32 Å². The van der Waals surface area contributed by atoms with Crippen LogP contribution in [0.3, 0.4) is 0 Å². The fraction of sp³-hybridized carbons (Fsp3) is 0.417. The first-order chi connectivity index (χ1) is 8.27. The molecule has 1 aromatic rings. The first-order valence-corrected chi connectivity index (χ1v) is 5.36. The number of hydrogen-bond donors (Lipinski definition) is 1. The third-order valence-electron chi connectivity index (χ3n) is 2.57. The summed E-state index contributed by atoms with van der Waals surface area (Å²) in [5.41, 5.74) is 1.37. The molecule has 0 aromatic heterocycles. The van der Waals surface area contributed by atoms with Gasteiger partial charge in [-0.2, -0.15) is 0 Å². The van der Waals surface area contributed by atoms with E-state index in [1.807, 2.05) is 0 Å². The Balaban J connectivity index is 2.41. The molecule has 0 saturated heterocycles. The molecule has 2 rings (SSSR count). The van der Waals surface area contributed by atoms with Crippen molar-refractivity contribution in [3.63, 3.8) is 0 Å². The van der Waals surface area contributed by atoms with Gasteiger partial charge in [0, 0.05) is 18.2 Å². The van der Waals surface area contributed by atoms with Crippen LogP contribution in [0.15, 0.2) is 12.1 Å². The van der Waals surface area contributed by atoms with Gasteiger partial charge in [0.1, 0.15) is 0 Å². The molecule has 0 aliphatic carbocycles. The highest BCUT2D eigenvalue weighted by Crippen LogP contribution is 2.38. The largest absolute Gasteiger partial charge is 0.454 e. The van der Waals surface area contributed by atoms with Gasteiger partial charge in [-0.05, 0) is 19.2 Å². The van der Waals surface area contributed by atoms with Crippen LogP contribution in [-0.4, -0.2) is 33.3 Å². The third-order valence-corrected chi connectivity index (χ3v) is 2.57. The van der Waals surface area contributed by atoms with Crippen LogP contribution in [0.5, 0.6) is 11.5 Å². The van der Waals surface area contributed by atoms with E-state index in [1.54, 1.807) is 26.3 Å². The second-order valence-corrected chi connectivity index (χ2v) is 3.71. The second-order valence-electron chi connectivity index (χ2n) is 3.71. The smallest absolute Gasteiger partial charge is 0.231 e. The molecule has 1 aliphatic heterocycles. The molecular formula is C12H15NO4. The summed E-state index contributed by atoms with van der Waals surface area (Å²) in [6, 6.07) is 3.51. The molecule has 1 heterocycles. The fourth-order valence-electron chi connectivity index (χ4n) is 1.83. The normalized spacial score (nSPS) is 12.8. The number of hydrogen-bond acceptors (Lipinski definition) is 5. The van der Waals surface area contributed by atoms with E-state index in [1.165, 1.54) is 0 Å². The molecule has 17 heavy (non-hydrogen) atoms. The highest BCUT2D eigenvalue weighted by Gasteiger charge is 2.23. The Kier molecular flexibility index (Phi) is 3.61.